The van der Waals surface area contributed by atoms with E-state index in [2.05, 4.69) is 5.32 Å². The lowest BCUT2D eigenvalue weighted by Gasteiger charge is -2.33. The summed E-state index contributed by atoms with van der Waals surface area (Å²) in [5.74, 6) is -0.130. The van der Waals surface area contributed by atoms with Gasteiger partial charge in [-0.05, 0) is 55.2 Å². The van der Waals surface area contributed by atoms with Crippen LogP contribution in [0.1, 0.15) is 44.2 Å². The average Bonchev–Trinajstić information content (AvgIpc) is 2.97. The number of anilines is 1. The van der Waals surface area contributed by atoms with Gasteiger partial charge >= 0.3 is 0 Å². The van der Waals surface area contributed by atoms with Crippen LogP contribution in [0.5, 0.6) is 5.75 Å². The van der Waals surface area contributed by atoms with Gasteiger partial charge in [0, 0.05) is 37.0 Å². The summed E-state index contributed by atoms with van der Waals surface area (Å²) in [5.41, 5.74) is 1.98. The fraction of sp³-hybridized carbons (Fsp3) is 0.375. The minimum Gasteiger partial charge on any atom is -0.495 e. The molecule has 3 aromatic carbocycles. The quantitative estimate of drug-likeness (QED) is 0.215. The number of sulfonamides is 1. The number of methoxy groups -OCH3 is 1. The number of hydrogen-bond acceptors (Lipinski definition) is 5. The van der Waals surface area contributed by atoms with Crippen molar-refractivity contribution in [1.29, 1.82) is 0 Å². The SMILES string of the molecule is CCC(C)NC(=O)C(Cc1ccccc1)N(Cc1ccccc1Cl)C(=O)CCCN(c1ccc(OC)c(Cl)c1)S(C)(=O)=O. The molecule has 0 spiro atoms. The molecule has 11 heteroatoms. The molecule has 0 aliphatic heterocycles. The molecule has 2 atom stereocenters. The number of amides is 2. The second-order valence-electron chi connectivity index (χ2n) is 10.4. The highest BCUT2D eigenvalue weighted by atomic mass is 35.5. The molecule has 2 amide bonds. The molecule has 0 radical (unpaired) electrons. The Morgan fingerprint density at radius 3 is 2.26 bits per heavy atom. The third-order valence-corrected chi connectivity index (χ3v) is 9.00. The van der Waals surface area contributed by atoms with Crippen molar-refractivity contribution in [2.45, 2.75) is 58.2 Å². The van der Waals surface area contributed by atoms with Crippen LogP contribution in [-0.4, -0.2) is 57.1 Å². The predicted molar refractivity (Wildman–Crippen MR) is 173 cm³/mol. The monoisotopic (exact) mass is 647 g/mol. The fourth-order valence-corrected chi connectivity index (χ4v) is 6.02. The summed E-state index contributed by atoms with van der Waals surface area (Å²) in [6.45, 7) is 4.06. The minimum atomic E-state index is -3.69. The number of carbonyl (C=O) groups is 2. The number of rotatable bonds is 15. The van der Waals surface area contributed by atoms with Gasteiger partial charge in [0.1, 0.15) is 11.8 Å². The molecular formula is C32H39Cl2N3O5S. The van der Waals surface area contributed by atoms with Crippen LogP contribution in [0.25, 0.3) is 0 Å². The predicted octanol–water partition coefficient (Wildman–Crippen LogP) is 6.10. The Balaban J connectivity index is 1.90. The average molecular weight is 649 g/mol. The van der Waals surface area contributed by atoms with Crippen LogP contribution in [0.4, 0.5) is 5.69 Å². The third-order valence-electron chi connectivity index (χ3n) is 7.15. The Hall–Kier alpha value is -3.27. The standard InChI is InChI=1S/C32H39Cl2N3O5S/c1-5-23(2)35-32(39)29(20-24-12-7-6-8-13-24)36(22-25-14-9-10-15-27(25)33)31(38)16-11-19-37(43(4,40)41)26-17-18-30(42-3)28(34)21-26/h6-10,12-15,17-18,21,23,29H,5,11,16,19-20,22H2,1-4H3,(H,35,39). The zero-order valence-electron chi connectivity index (χ0n) is 24.9. The molecule has 0 aliphatic carbocycles. The van der Waals surface area contributed by atoms with Gasteiger partial charge in [0.25, 0.3) is 0 Å². The largest absolute Gasteiger partial charge is 0.495 e. The van der Waals surface area contributed by atoms with Gasteiger partial charge in [0.15, 0.2) is 0 Å². The van der Waals surface area contributed by atoms with E-state index in [1.165, 1.54) is 17.5 Å². The molecule has 232 valence electrons. The van der Waals surface area contributed by atoms with Crippen molar-refractivity contribution >= 4 is 50.7 Å². The van der Waals surface area contributed by atoms with Gasteiger partial charge in [-0.1, -0.05) is 78.7 Å². The van der Waals surface area contributed by atoms with Crippen LogP contribution in [0.15, 0.2) is 72.8 Å². The zero-order chi connectivity index (χ0) is 31.6. The molecule has 3 aromatic rings. The van der Waals surface area contributed by atoms with Crippen molar-refractivity contribution in [1.82, 2.24) is 10.2 Å². The number of halogens is 2. The molecule has 3 rings (SSSR count). The molecular weight excluding hydrogens is 609 g/mol. The smallest absolute Gasteiger partial charge is 0.243 e. The van der Waals surface area contributed by atoms with E-state index in [-0.39, 0.29) is 48.8 Å². The summed E-state index contributed by atoms with van der Waals surface area (Å²) < 4.78 is 31.8. The lowest BCUT2D eigenvalue weighted by atomic mass is 10.0. The Bertz CT molecular complexity index is 1490. The van der Waals surface area contributed by atoms with Gasteiger partial charge in [-0.25, -0.2) is 8.42 Å². The summed E-state index contributed by atoms with van der Waals surface area (Å²) in [6, 6.07) is 20.6. The highest BCUT2D eigenvalue weighted by Crippen LogP contribution is 2.30. The molecule has 2 unspecified atom stereocenters. The highest BCUT2D eigenvalue weighted by Gasteiger charge is 2.31. The summed E-state index contributed by atoms with van der Waals surface area (Å²) in [6.07, 6.45) is 2.35. The Kier molecular flexibility index (Phi) is 12.7. The maximum absolute atomic E-state index is 14.0. The highest BCUT2D eigenvalue weighted by molar-refractivity contribution is 7.92. The van der Waals surface area contributed by atoms with Gasteiger partial charge in [0.05, 0.1) is 24.1 Å². The number of benzene rings is 3. The number of ether oxygens (including phenoxy) is 1. The van der Waals surface area contributed by atoms with Gasteiger partial charge in [-0.2, -0.15) is 0 Å². The molecule has 0 saturated heterocycles. The first-order valence-corrected chi connectivity index (χ1v) is 16.7. The fourth-order valence-electron chi connectivity index (χ4n) is 4.62. The van der Waals surface area contributed by atoms with Crippen LogP contribution in [0.2, 0.25) is 10.0 Å². The second-order valence-corrected chi connectivity index (χ2v) is 13.1. The number of carbonyl (C=O) groups excluding carboxylic acids is 2. The van der Waals surface area contributed by atoms with E-state index in [0.29, 0.717) is 28.4 Å². The number of hydrogen-bond donors (Lipinski definition) is 1. The van der Waals surface area contributed by atoms with Gasteiger partial charge in [-0.3, -0.25) is 13.9 Å². The summed E-state index contributed by atoms with van der Waals surface area (Å²) in [5, 5.41) is 3.80. The van der Waals surface area contributed by atoms with Crippen LogP contribution < -0.4 is 14.4 Å². The van der Waals surface area contributed by atoms with Crippen LogP contribution in [-0.2, 0) is 32.6 Å². The normalized spacial score (nSPS) is 12.7. The first-order chi connectivity index (χ1) is 20.4. The van der Waals surface area contributed by atoms with Gasteiger partial charge in [0.2, 0.25) is 21.8 Å². The van der Waals surface area contributed by atoms with E-state index in [0.717, 1.165) is 18.2 Å². The van der Waals surface area contributed by atoms with Gasteiger partial charge in [-0.15, -0.1) is 0 Å². The van der Waals surface area contributed by atoms with Crippen LogP contribution in [0, 0.1) is 0 Å². The van der Waals surface area contributed by atoms with E-state index in [1.807, 2.05) is 56.3 Å². The first kappa shape index (κ1) is 34.2. The Morgan fingerprint density at radius 2 is 1.65 bits per heavy atom. The van der Waals surface area contributed by atoms with Crippen molar-refractivity contribution in [3.8, 4) is 5.75 Å². The van der Waals surface area contributed by atoms with Crippen molar-refractivity contribution < 1.29 is 22.7 Å². The molecule has 0 heterocycles. The molecule has 0 aliphatic rings. The lowest BCUT2D eigenvalue weighted by Crippen LogP contribution is -2.52. The van der Waals surface area contributed by atoms with Crippen LogP contribution >= 0.6 is 23.2 Å². The van der Waals surface area contributed by atoms with Crippen molar-refractivity contribution in [3.63, 3.8) is 0 Å². The van der Waals surface area contributed by atoms with E-state index in [9.17, 15) is 18.0 Å². The van der Waals surface area contributed by atoms with Crippen molar-refractivity contribution in [2.75, 3.05) is 24.2 Å². The maximum atomic E-state index is 14.0. The van der Waals surface area contributed by atoms with E-state index in [1.54, 1.807) is 29.2 Å². The summed E-state index contributed by atoms with van der Waals surface area (Å²) in [7, 11) is -2.21. The van der Waals surface area contributed by atoms with E-state index < -0.39 is 16.1 Å². The van der Waals surface area contributed by atoms with E-state index in [4.69, 9.17) is 27.9 Å². The van der Waals surface area contributed by atoms with Crippen molar-refractivity contribution in [2.24, 2.45) is 0 Å². The second kappa shape index (κ2) is 16.0. The van der Waals surface area contributed by atoms with Crippen LogP contribution in [0.3, 0.4) is 0 Å². The summed E-state index contributed by atoms with van der Waals surface area (Å²) in [4.78, 5) is 29.2. The Labute approximate surface area is 265 Å². The number of nitrogens with zero attached hydrogens (tertiary/aromatic N) is 2. The molecule has 0 aromatic heterocycles. The van der Waals surface area contributed by atoms with Gasteiger partial charge < -0.3 is 15.0 Å². The minimum absolute atomic E-state index is 0.00224. The molecule has 0 saturated carbocycles. The van der Waals surface area contributed by atoms with E-state index >= 15 is 0 Å². The molecule has 43 heavy (non-hydrogen) atoms. The molecule has 1 N–H and O–H groups in total. The first-order valence-electron chi connectivity index (χ1n) is 14.1. The third kappa shape index (κ3) is 9.88. The topological polar surface area (TPSA) is 96.0 Å². The molecule has 8 nitrogen and oxygen atoms in total. The molecule has 0 fully saturated rings. The number of nitrogens with one attached hydrogen (secondary N) is 1. The maximum Gasteiger partial charge on any atom is 0.243 e. The Morgan fingerprint density at radius 1 is 0.977 bits per heavy atom. The zero-order valence-corrected chi connectivity index (χ0v) is 27.3. The molecule has 0 bridgehead atoms. The van der Waals surface area contributed by atoms with Crippen molar-refractivity contribution in [3.05, 3.63) is 94.0 Å². The summed E-state index contributed by atoms with van der Waals surface area (Å²) >= 11 is 12.8. The lowest BCUT2D eigenvalue weighted by molar-refractivity contribution is -0.141.